The van der Waals surface area contributed by atoms with E-state index in [1.807, 2.05) is 57.5 Å². The summed E-state index contributed by atoms with van der Waals surface area (Å²) in [6.07, 6.45) is 1.69. The first-order valence-corrected chi connectivity index (χ1v) is 10.6. The van der Waals surface area contributed by atoms with Gasteiger partial charge in [0.1, 0.15) is 4.83 Å². The number of thiophene rings is 1. The Morgan fingerprint density at radius 3 is 2.57 bits per heavy atom. The summed E-state index contributed by atoms with van der Waals surface area (Å²) in [7, 11) is 1.84. The van der Waals surface area contributed by atoms with Crippen molar-refractivity contribution in [3.8, 4) is 11.1 Å². The molecule has 1 aromatic carbocycles. The molecule has 1 amide bonds. The van der Waals surface area contributed by atoms with Crippen molar-refractivity contribution >= 4 is 33.1 Å². The number of nitrogens with one attached hydrogen (secondary N) is 1. The highest BCUT2D eigenvalue weighted by Crippen LogP contribution is 2.30. The van der Waals surface area contributed by atoms with Crippen LogP contribution >= 0.6 is 11.3 Å². The van der Waals surface area contributed by atoms with Gasteiger partial charge in [-0.25, -0.2) is 4.98 Å². The summed E-state index contributed by atoms with van der Waals surface area (Å²) in [4.78, 5) is 30.7. The highest BCUT2D eigenvalue weighted by molar-refractivity contribution is 7.17. The van der Waals surface area contributed by atoms with Crippen molar-refractivity contribution in [1.82, 2.24) is 19.3 Å². The van der Waals surface area contributed by atoms with Crippen molar-refractivity contribution in [3.63, 3.8) is 0 Å². The number of hydrogen-bond donors (Lipinski definition) is 1. The van der Waals surface area contributed by atoms with Crippen LogP contribution in [0.1, 0.15) is 23.4 Å². The van der Waals surface area contributed by atoms with E-state index in [0.29, 0.717) is 10.2 Å². The lowest BCUT2D eigenvalue weighted by Crippen LogP contribution is -2.23. The minimum Gasteiger partial charge on any atom is -0.323 e. The van der Waals surface area contributed by atoms with Gasteiger partial charge in [0.25, 0.3) is 5.56 Å². The molecule has 3 heterocycles. The van der Waals surface area contributed by atoms with E-state index in [-0.39, 0.29) is 24.4 Å². The van der Waals surface area contributed by atoms with Crippen LogP contribution in [-0.2, 0) is 18.4 Å². The molecular formula is C22H23N5O2S. The number of aromatic nitrogens is 4. The molecule has 0 saturated carbocycles. The molecule has 3 aromatic heterocycles. The number of hydrogen-bond acceptors (Lipinski definition) is 5. The van der Waals surface area contributed by atoms with Gasteiger partial charge in [0.05, 0.1) is 28.8 Å². The summed E-state index contributed by atoms with van der Waals surface area (Å²) in [5.41, 5.74) is 5.30. The van der Waals surface area contributed by atoms with Crippen molar-refractivity contribution in [1.29, 1.82) is 0 Å². The minimum atomic E-state index is -0.162. The maximum Gasteiger partial charge on any atom is 0.262 e. The third-order valence-electron chi connectivity index (χ3n) is 5.28. The standard InChI is InChI=1S/C22H23N5O2S/c1-13-5-7-16(8-6-13)17-11-30-21-19(17)22(29)27(12-23-21)10-9-18(28)24-20-14(2)25-26(4)15(20)3/h5-8,11-12H,9-10H2,1-4H3,(H,24,28). The number of nitrogens with zero attached hydrogens (tertiary/aromatic N) is 4. The zero-order valence-electron chi connectivity index (χ0n) is 17.4. The average molecular weight is 422 g/mol. The number of anilines is 1. The van der Waals surface area contributed by atoms with Gasteiger partial charge in [-0.15, -0.1) is 11.3 Å². The monoisotopic (exact) mass is 421 g/mol. The molecule has 4 aromatic rings. The van der Waals surface area contributed by atoms with Gasteiger partial charge in [-0.2, -0.15) is 5.10 Å². The molecule has 0 fully saturated rings. The normalized spacial score (nSPS) is 11.2. The lowest BCUT2D eigenvalue weighted by atomic mass is 10.1. The van der Waals surface area contributed by atoms with Crippen LogP contribution in [0.3, 0.4) is 0 Å². The molecule has 0 saturated heterocycles. The van der Waals surface area contributed by atoms with Crippen molar-refractivity contribution in [3.05, 3.63) is 63.3 Å². The Balaban J connectivity index is 1.57. The number of fused-ring (bicyclic) bond motifs is 1. The van der Waals surface area contributed by atoms with Crippen LogP contribution in [0.2, 0.25) is 0 Å². The molecule has 0 bridgehead atoms. The zero-order chi connectivity index (χ0) is 21.4. The lowest BCUT2D eigenvalue weighted by Gasteiger charge is -2.08. The predicted molar refractivity (Wildman–Crippen MR) is 120 cm³/mol. The first-order valence-electron chi connectivity index (χ1n) is 9.69. The fraction of sp³-hybridized carbons (Fsp3) is 0.273. The van der Waals surface area contributed by atoms with Crippen LogP contribution in [0.25, 0.3) is 21.3 Å². The van der Waals surface area contributed by atoms with E-state index in [1.165, 1.54) is 27.8 Å². The van der Waals surface area contributed by atoms with Crippen LogP contribution in [-0.4, -0.2) is 25.2 Å². The van der Waals surface area contributed by atoms with Gasteiger partial charge in [0.15, 0.2) is 0 Å². The Labute approximate surface area is 178 Å². The van der Waals surface area contributed by atoms with Crippen molar-refractivity contribution in [2.45, 2.75) is 33.7 Å². The summed E-state index contributed by atoms with van der Waals surface area (Å²) in [6.45, 7) is 6.05. The Kier molecular flexibility index (Phi) is 5.26. The summed E-state index contributed by atoms with van der Waals surface area (Å²) in [5, 5.41) is 9.78. The van der Waals surface area contributed by atoms with Crippen LogP contribution in [0.5, 0.6) is 0 Å². The molecule has 1 N–H and O–H groups in total. The van der Waals surface area contributed by atoms with Crippen LogP contribution < -0.4 is 10.9 Å². The highest BCUT2D eigenvalue weighted by atomic mass is 32.1. The lowest BCUT2D eigenvalue weighted by molar-refractivity contribution is -0.116. The second-order valence-electron chi connectivity index (χ2n) is 7.41. The van der Waals surface area contributed by atoms with Gasteiger partial charge in [-0.05, 0) is 26.3 Å². The molecule has 0 aliphatic heterocycles. The van der Waals surface area contributed by atoms with Crippen molar-refractivity contribution in [2.75, 3.05) is 5.32 Å². The second kappa shape index (κ2) is 7.87. The number of benzene rings is 1. The summed E-state index contributed by atoms with van der Waals surface area (Å²) < 4.78 is 3.24. The van der Waals surface area contributed by atoms with E-state index in [9.17, 15) is 9.59 Å². The second-order valence-corrected chi connectivity index (χ2v) is 8.26. The van der Waals surface area contributed by atoms with E-state index >= 15 is 0 Å². The minimum absolute atomic E-state index is 0.127. The predicted octanol–water partition coefficient (Wildman–Crippen LogP) is 3.81. The quantitative estimate of drug-likeness (QED) is 0.531. The average Bonchev–Trinajstić information content (AvgIpc) is 3.25. The van der Waals surface area contributed by atoms with Crippen molar-refractivity contribution in [2.24, 2.45) is 7.05 Å². The Bertz CT molecular complexity index is 1300. The largest absolute Gasteiger partial charge is 0.323 e. The first-order chi connectivity index (χ1) is 14.3. The van der Waals surface area contributed by atoms with Crippen molar-refractivity contribution < 1.29 is 4.79 Å². The van der Waals surface area contributed by atoms with E-state index in [2.05, 4.69) is 15.4 Å². The fourth-order valence-corrected chi connectivity index (χ4v) is 4.36. The summed E-state index contributed by atoms with van der Waals surface area (Å²) in [6, 6.07) is 8.08. The number of rotatable bonds is 5. The molecule has 154 valence electrons. The van der Waals surface area contributed by atoms with Crippen LogP contribution in [0.4, 0.5) is 5.69 Å². The van der Waals surface area contributed by atoms with E-state index < -0.39 is 0 Å². The molecule has 0 radical (unpaired) electrons. The SMILES string of the molecule is Cc1ccc(-c2csc3ncn(CCC(=O)Nc4c(C)nn(C)c4C)c(=O)c23)cc1. The molecule has 0 aliphatic carbocycles. The maximum atomic E-state index is 13.1. The Hall–Kier alpha value is -3.26. The van der Waals surface area contributed by atoms with Crippen LogP contribution in [0.15, 0.2) is 40.8 Å². The topological polar surface area (TPSA) is 81.8 Å². The van der Waals surface area contributed by atoms with Gasteiger partial charge >= 0.3 is 0 Å². The fourth-order valence-electron chi connectivity index (χ4n) is 3.45. The first kappa shape index (κ1) is 20.0. The Morgan fingerprint density at radius 1 is 1.17 bits per heavy atom. The van der Waals surface area contributed by atoms with Gasteiger partial charge < -0.3 is 5.32 Å². The third kappa shape index (κ3) is 3.66. The zero-order valence-corrected chi connectivity index (χ0v) is 18.2. The number of carbonyl (C=O) groups is 1. The van der Waals surface area contributed by atoms with E-state index in [0.717, 1.165) is 28.2 Å². The Morgan fingerprint density at radius 2 is 1.90 bits per heavy atom. The molecular weight excluding hydrogens is 398 g/mol. The molecule has 0 spiro atoms. The number of amides is 1. The third-order valence-corrected chi connectivity index (χ3v) is 6.16. The van der Waals surface area contributed by atoms with E-state index in [4.69, 9.17) is 0 Å². The van der Waals surface area contributed by atoms with Gasteiger partial charge in [0, 0.05) is 31.0 Å². The van der Waals surface area contributed by atoms with Gasteiger partial charge in [-0.1, -0.05) is 29.8 Å². The number of carbonyl (C=O) groups excluding carboxylic acids is 1. The number of aryl methyl sites for hydroxylation is 4. The van der Waals surface area contributed by atoms with Crippen LogP contribution in [0, 0.1) is 20.8 Å². The molecule has 0 atom stereocenters. The molecule has 0 unspecified atom stereocenters. The van der Waals surface area contributed by atoms with Gasteiger partial charge in [0.2, 0.25) is 5.91 Å². The summed E-state index contributed by atoms with van der Waals surface area (Å²) >= 11 is 1.45. The molecule has 30 heavy (non-hydrogen) atoms. The maximum absolute atomic E-state index is 13.1. The molecule has 0 aliphatic rings. The highest BCUT2D eigenvalue weighted by Gasteiger charge is 2.15. The summed E-state index contributed by atoms with van der Waals surface area (Å²) in [5.74, 6) is -0.162. The van der Waals surface area contributed by atoms with E-state index in [1.54, 1.807) is 4.68 Å². The molecule has 7 nitrogen and oxygen atoms in total. The smallest absolute Gasteiger partial charge is 0.262 e. The molecule has 4 rings (SSSR count). The van der Waals surface area contributed by atoms with Gasteiger partial charge in [-0.3, -0.25) is 18.8 Å². The molecule has 8 heteroatoms.